The molecule has 8 heteroatoms. The molecule has 2 aromatic rings. The molecule has 0 unspecified atom stereocenters. The van der Waals surface area contributed by atoms with Gasteiger partial charge in [0.25, 0.3) is 0 Å². The van der Waals surface area contributed by atoms with E-state index in [2.05, 4.69) is 20.4 Å². The Hall–Kier alpha value is -2.48. The van der Waals surface area contributed by atoms with Gasteiger partial charge in [-0.3, -0.25) is 4.79 Å². The van der Waals surface area contributed by atoms with Crippen molar-refractivity contribution in [2.45, 2.75) is 18.9 Å². The number of benzene rings is 1. The maximum absolute atomic E-state index is 12.8. The highest BCUT2D eigenvalue weighted by molar-refractivity contribution is 5.81. The Balaban J connectivity index is 1.61. The van der Waals surface area contributed by atoms with E-state index >= 15 is 0 Å². The number of nitrogens with zero attached hydrogens (tertiary/aromatic N) is 6. The van der Waals surface area contributed by atoms with Crippen molar-refractivity contribution in [1.29, 1.82) is 0 Å². The molecule has 1 amide bonds. The standard InChI is InChI=1S/C17H22N6O2/c1-25-10-9-22-15-8-7-13(16(22)24)11-21(12-15)17-18-19-20-23(17)14-5-3-2-4-6-14/h2-6,13,15H,7-12H2,1H3/t13-,15+/m1/s1. The molecule has 132 valence electrons. The molecular formula is C17H22N6O2. The van der Waals surface area contributed by atoms with Crippen LogP contribution in [0.1, 0.15) is 12.8 Å². The summed E-state index contributed by atoms with van der Waals surface area (Å²) in [6.07, 6.45) is 1.94. The minimum absolute atomic E-state index is 0.00321. The molecule has 3 fully saturated rings. The third-order valence-corrected chi connectivity index (χ3v) is 5.07. The van der Waals surface area contributed by atoms with Crippen LogP contribution in [0.4, 0.5) is 5.95 Å². The maximum Gasteiger partial charge on any atom is 0.250 e. The number of para-hydroxylation sites is 1. The van der Waals surface area contributed by atoms with Crippen LogP contribution in [0, 0.1) is 5.92 Å². The van der Waals surface area contributed by atoms with Crippen LogP contribution in [-0.4, -0.2) is 70.4 Å². The Kier molecular flexibility index (Phi) is 4.35. The zero-order valence-electron chi connectivity index (χ0n) is 14.3. The molecule has 1 aromatic carbocycles. The monoisotopic (exact) mass is 342 g/mol. The number of aromatic nitrogens is 4. The van der Waals surface area contributed by atoms with Gasteiger partial charge in [0.1, 0.15) is 0 Å². The van der Waals surface area contributed by atoms with Gasteiger partial charge < -0.3 is 14.5 Å². The summed E-state index contributed by atoms with van der Waals surface area (Å²) in [5.41, 5.74) is 0.918. The van der Waals surface area contributed by atoms with E-state index in [0.29, 0.717) is 25.6 Å². The Labute approximate surface area is 146 Å². The van der Waals surface area contributed by atoms with Crippen LogP contribution in [0.25, 0.3) is 5.69 Å². The molecule has 25 heavy (non-hydrogen) atoms. The van der Waals surface area contributed by atoms with Gasteiger partial charge in [0.2, 0.25) is 11.9 Å². The minimum Gasteiger partial charge on any atom is -0.383 e. The Bertz CT molecular complexity index is 734. The number of anilines is 1. The number of amides is 1. The third kappa shape index (κ3) is 2.97. The number of rotatable bonds is 5. The van der Waals surface area contributed by atoms with Gasteiger partial charge in [-0.25, -0.2) is 0 Å². The van der Waals surface area contributed by atoms with Crippen LogP contribution < -0.4 is 4.90 Å². The Morgan fingerprint density at radius 2 is 2.04 bits per heavy atom. The van der Waals surface area contributed by atoms with Crippen LogP contribution in [0.3, 0.4) is 0 Å². The summed E-state index contributed by atoms with van der Waals surface area (Å²) in [4.78, 5) is 16.9. The second-order valence-electron chi connectivity index (χ2n) is 6.58. The van der Waals surface area contributed by atoms with Crippen LogP contribution in [0.15, 0.2) is 30.3 Å². The summed E-state index contributed by atoms with van der Waals surface area (Å²) in [5, 5.41) is 12.3. The Morgan fingerprint density at radius 3 is 2.84 bits per heavy atom. The molecule has 2 atom stereocenters. The number of fused-ring (bicyclic) bond motifs is 4. The fraction of sp³-hybridized carbons (Fsp3) is 0.529. The Morgan fingerprint density at radius 1 is 1.20 bits per heavy atom. The lowest BCUT2D eigenvalue weighted by molar-refractivity contribution is -0.140. The average Bonchev–Trinajstić information content (AvgIpc) is 2.98. The molecule has 0 spiro atoms. The first-order chi connectivity index (χ1) is 12.3. The van der Waals surface area contributed by atoms with E-state index in [1.165, 1.54) is 0 Å². The largest absolute Gasteiger partial charge is 0.383 e. The van der Waals surface area contributed by atoms with Gasteiger partial charge in [0.05, 0.1) is 18.2 Å². The summed E-state index contributed by atoms with van der Waals surface area (Å²) < 4.78 is 6.92. The second-order valence-corrected chi connectivity index (χ2v) is 6.58. The molecule has 3 aliphatic rings. The highest BCUT2D eigenvalue weighted by Gasteiger charge is 2.41. The van der Waals surface area contributed by atoms with E-state index in [4.69, 9.17) is 4.74 Å². The lowest BCUT2D eigenvalue weighted by Gasteiger charge is -2.35. The molecule has 0 radical (unpaired) electrons. The van der Waals surface area contributed by atoms with E-state index in [0.717, 1.165) is 25.1 Å². The van der Waals surface area contributed by atoms with Crippen molar-refractivity contribution in [2.24, 2.45) is 5.92 Å². The molecule has 3 aliphatic heterocycles. The quantitative estimate of drug-likeness (QED) is 0.798. The minimum atomic E-state index is -0.00321. The second kappa shape index (κ2) is 6.79. The van der Waals surface area contributed by atoms with Crippen molar-refractivity contribution >= 4 is 11.9 Å². The van der Waals surface area contributed by atoms with Crippen LogP contribution in [0.5, 0.6) is 0 Å². The molecule has 1 aromatic heterocycles. The lowest BCUT2D eigenvalue weighted by atomic mass is 9.94. The molecule has 0 saturated carbocycles. The van der Waals surface area contributed by atoms with Crippen molar-refractivity contribution in [1.82, 2.24) is 25.1 Å². The summed E-state index contributed by atoms with van der Waals surface area (Å²) in [6.45, 7) is 2.62. The molecule has 0 aliphatic carbocycles. The van der Waals surface area contributed by atoms with Gasteiger partial charge in [0.15, 0.2) is 0 Å². The zero-order valence-corrected chi connectivity index (χ0v) is 14.3. The van der Waals surface area contributed by atoms with Gasteiger partial charge >= 0.3 is 0 Å². The maximum atomic E-state index is 12.8. The number of hydrogen-bond acceptors (Lipinski definition) is 6. The van der Waals surface area contributed by atoms with Crippen molar-refractivity contribution in [3.63, 3.8) is 0 Å². The van der Waals surface area contributed by atoms with E-state index in [9.17, 15) is 4.79 Å². The molecule has 2 bridgehead atoms. The van der Waals surface area contributed by atoms with Gasteiger partial charge in [-0.15, -0.1) is 0 Å². The smallest absolute Gasteiger partial charge is 0.250 e. The fourth-order valence-corrected chi connectivity index (χ4v) is 3.80. The SMILES string of the molecule is COCCN1C(=O)[C@@H]2CC[C@H]1CN(c1nnnn1-c1ccccc1)C2. The summed E-state index contributed by atoms with van der Waals surface area (Å²) in [5.74, 6) is 0.926. The van der Waals surface area contributed by atoms with E-state index in [1.807, 2.05) is 35.2 Å². The first-order valence-corrected chi connectivity index (χ1v) is 8.66. The number of methoxy groups -OCH3 is 1. The van der Waals surface area contributed by atoms with Crippen LogP contribution >= 0.6 is 0 Å². The molecule has 0 N–H and O–H groups in total. The fourth-order valence-electron chi connectivity index (χ4n) is 3.80. The number of hydrogen-bond donors (Lipinski definition) is 0. The van der Waals surface area contributed by atoms with E-state index in [-0.39, 0.29) is 17.9 Å². The van der Waals surface area contributed by atoms with Crippen molar-refractivity contribution < 1.29 is 9.53 Å². The van der Waals surface area contributed by atoms with Crippen molar-refractivity contribution in [3.8, 4) is 5.69 Å². The van der Waals surface area contributed by atoms with Crippen LogP contribution in [-0.2, 0) is 9.53 Å². The highest BCUT2D eigenvalue weighted by atomic mass is 16.5. The number of piperidine rings is 1. The molecule has 8 nitrogen and oxygen atoms in total. The molecular weight excluding hydrogens is 320 g/mol. The molecule has 3 saturated heterocycles. The normalized spacial score (nSPS) is 23.2. The van der Waals surface area contributed by atoms with Gasteiger partial charge in [0, 0.05) is 32.8 Å². The number of ether oxygens (including phenoxy) is 1. The summed E-state index contributed by atoms with van der Waals surface area (Å²) >= 11 is 0. The highest BCUT2D eigenvalue weighted by Crippen LogP contribution is 2.31. The van der Waals surface area contributed by atoms with E-state index < -0.39 is 0 Å². The summed E-state index contributed by atoms with van der Waals surface area (Å²) in [6, 6.07) is 10.0. The average molecular weight is 342 g/mol. The zero-order chi connectivity index (χ0) is 17.2. The van der Waals surface area contributed by atoms with Gasteiger partial charge in [-0.2, -0.15) is 4.68 Å². The van der Waals surface area contributed by atoms with Gasteiger partial charge in [-0.1, -0.05) is 23.3 Å². The van der Waals surface area contributed by atoms with Crippen molar-refractivity contribution in [2.75, 3.05) is 38.3 Å². The van der Waals surface area contributed by atoms with Crippen molar-refractivity contribution in [3.05, 3.63) is 30.3 Å². The third-order valence-electron chi connectivity index (χ3n) is 5.07. The van der Waals surface area contributed by atoms with Crippen LogP contribution in [0.2, 0.25) is 0 Å². The van der Waals surface area contributed by atoms with E-state index in [1.54, 1.807) is 11.8 Å². The molecule has 4 heterocycles. The number of tetrazole rings is 1. The summed E-state index contributed by atoms with van der Waals surface area (Å²) in [7, 11) is 1.67. The topological polar surface area (TPSA) is 76.4 Å². The predicted octanol–water partition coefficient (Wildman–Crippen LogP) is 0.736. The first-order valence-electron chi connectivity index (χ1n) is 8.66. The molecule has 5 rings (SSSR count). The predicted molar refractivity (Wildman–Crippen MR) is 91.5 cm³/mol. The lowest BCUT2D eigenvalue weighted by Crippen LogP contribution is -2.49. The van der Waals surface area contributed by atoms with Gasteiger partial charge in [-0.05, 0) is 35.4 Å². The number of carbonyl (C=O) groups excluding carboxylic acids is 1. The first kappa shape index (κ1) is 16.0. The number of carbonyl (C=O) groups is 1.